The van der Waals surface area contributed by atoms with Crippen LogP contribution in [0.2, 0.25) is 0 Å². The highest BCUT2D eigenvalue weighted by atomic mass is 19.1. The monoisotopic (exact) mass is 330 g/mol. The molecule has 124 valence electrons. The van der Waals surface area contributed by atoms with E-state index in [1.807, 2.05) is 0 Å². The van der Waals surface area contributed by atoms with Crippen molar-refractivity contribution in [3.63, 3.8) is 0 Å². The summed E-state index contributed by atoms with van der Waals surface area (Å²) in [5.74, 6) is -2.17. The van der Waals surface area contributed by atoms with Crippen LogP contribution in [0.15, 0.2) is 42.5 Å². The molecule has 24 heavy (non-hydrogen) atoms. The maximum atomic E-state index is 13.3. The van der Waals surface area contributed by atoms with Gasteiger partial charge in [-0.1, -0.05) is 18.2 Å². The Hall–Kier alpha value is -2.76. The first-order valence-corrected chi connectivity index (χ1v) is 7.59. The molecule has 0 aliphatic carbocycles. The molecule has 2 N–H and O–H groups in total. The highest BCUT2D eigenvalue weighted by Crippen LogP contribution is 2.33. The average Bonchev–Trinajstić information content (AvgIpc) is 2.54. The van der Waals surface area contributed by atoms with E-state index in [2.05, 4.69) is 10.6 Å². The van der Waals surface area contributed by atoms with Gasteiger partial charge < -0.3 is 10.6 Å². The first kappa shape index (κ1) is 16.1. The maximum absolute atomic E-state index is 13.3. The number of hydrogen-bond donors (Lipinski definition) is 2. The number of rotatable bonds is 3. The van der Waals surface area contributed by atoms with Crippen LogP contribution in [-0.2, 0) is 9.59 Å². The van der Waals surface area contributed by atoms with Crippen molar-refractivity contribution in [2.24, 2.45) is 0 Å². The molecule has 2 aromatic rings. The van der Waals surface area contributed by atoms with Gasteiger partial charge in [0.15, 0.2) is 0 Å². The molecule has 0 saturated heterocycles. The number of carbonyl (C=O) groups excluding carboxylic acids is 2. The summed E-state index contributed by atoms with van der Waals surface area (Å²) < 4.78 is 26.3. The molecule has 2 atom stereocenters. The second-order valence-corrected chi connectivity index (χ2v) is 5.82. The minimum absolute atomic E-state index is 0.000599. The van der Waals surface area contributed by atoms with Crippen molar-refractivity contribution in [1.82, 2.24) is 5.32 Å². The lowest BCUT2D eigenvalue weighted by Crippen LogP contribution is -2.36. The van der Waals surface area contributed by atoms with E-state index in [9.17, 15) is 18.4 Å². The summed E-state index contributed by atoms with van der Waals surface area (Å²) in [5, 5.41) is 5.40. The summed E-state index contributed by atoms with van der Waals surface area (Å²) in [5.41, 5.74) is 1.66. The SMILES string of the molecule is C[C@H](NC(=O)[C@@H]1CC(=O)Nc2cc(F)ccc21)c1ccc(F)cc1. The van der Waals surface area contributed by atoms with Gasteiger partial charge in [-0.05, 0) is 42.3 Å². The molecule has 0 saturated carbocycles. The predicted octanol–water partition coefficient (Wildman–Crippen LogP) is 3.27. The molecule has 0 unspecified atom stereocenters. The second kappa shape index (κ2) is 6.39. The molecular formula is C18H16F2N2O2. The van der Waals surface area contributed by atoms with Gasteiger partial charge in [0.25, 0.3) is 0 Å². The number of hydrogen-bond acceptors (Lipinski definition) is 2. The van der Waals surface area contributed by atoms with E-state index in [1.165, 1.54) is 30.3 Å². The Morgan fingerprint density at radius 3 is 2.54 bits per heavy atom. The minimum Gasteiger partial charge on any atom is -0.349 e. The molecule has 1 heterocycles. The summed E-state index contributed by atoms with van der Waals surface area (Å²) in [7, 11) is 0. The van der Waals surface area contributed by atoms with Gasteiger partial charge in [0, 0.05) is 12.1 Å². The quantitative estimate of drug-likeness (QED) is 0.907. The van der Waals surface area contributed by atoms with Crippen LogP contribution >= 0.6 is 0 Å². The predicted molar refractivity (Wildman–Crippen MR) is 85.3 cm³/mol. The number of halogens is 2. The molecule has 3 rings (SSSR count). The number of nitrogens with one attached hydrogen (secondary N) is 2. The van der Waals surface area contributed by atoms with Gasteiger partial charge in [-0.2, -0.15) is 0 Å². The Morgan fingerprint density at radius 1 is 1.17 bits per heavy atom. The van der Waals surface area contributed by atoms with Crippen LogP contribution in [0, 0.1) is 11.6 Å². The molecule has 0 aromatic heterocycles. The zero-order valence-electron chi connectivity index (χ0n) is 13.0. The van der Waals surface area contributed by atoms with Crippen molar-refractivity contribution < 1.29 is 18.4 Å². The molecule has 1 aliphatic heterocycles. The van der Waals surface area contributed by atoms with Gasteiger partial charge in [-0.15, -0.1) is 0 Å². The Bertz CT molecular complexity index is 790. The van der Waals surface area contributed by atoms with E-state index in [0.29, 0.717) is 11.3 Å². The molecule has 0 fully saturated rings. The molecule has 0 radical (unpaired) electrons. The Morgan fingerprint density at radius 2 is 1.83 bits per heavy atom. The number of carbonyl (C=O) groups is 2. The van der Waals surface area contributed by atoms with Crippen LogP contribution < -0.4 is 10.6 Å². The van der Waals surface area contributed by atoms with Crippen LogP contribution in [-0.4, -0.2) is 11.8 Å². The lowest BCUT2D eigenvalue weighted by atomic mass is 9.89. The van der Waals surface area contributed by atoms with Crippen LogP contribution in [0.3, 0.4) is 0 Å². The highest BCUT2D eigenvalue weighted by Gasteiger charge is 2.31. The Labute approximate surface area is 137 Å². The number of anilines is 1. The molecule has 2 aromatic carbocycles. The third-order valence-corrected chi connectivity index (χ3v) is 4.10. The summed E-state index contributed by atoms with van der Waals surface area (Å²) in [6.45, 7) is 1.78. The van der Waals surface area contributed by atoms with Crippen LogP contribution in [0.5, 0.6) is 0 Å². The molecule has 0 spiro atoms. The third-order valence-electron chi connectivity index (χ3n) is 4.10. The zero-order chi connectivity index (χ0) is 17.3. The minimum atomic E-state index is -0.683. The summed E-state index contributed by atoms with van der Waals surface area (Å²) in [6.07, 6.45) is 0.000599. The van der Waals surface area contributed by atoms with Gasteiger partial charge >= 0.3 is 0 Å². The zero-order valence-corrected chi connectivity index (χ0v) is 13.0. The lowest BCUT2D eigenvalue weighted by molar-refractivity contribution is -0.126. The van der Waals surface area contributed by atoms with Crippen LogP contribution in [0.4, 0.5) is 14.5 Å². The molecule has 2 amide bonds. The second-order valence-electron chi connectivity index (χ2n) is 5.82. The first-order chi connectivity index (χ1) is 11.4. The topological polar surface area (TPSA) is 58.2 Å². The van der Waals surface area contributed by atoms with Crippen LogP contribution in [0.25, 0.3) is 0 Å². The van der Waals surface area contributed by atoms with Gasteiger partial charge in [0.05, 0.1) is 12.0 Å². The number of benzene rings is 2. The number of amides is 2. The van der Waals surface area contributed by atoms with Gasteiger partial charge in [0.2, 0.25) is 11.8 Å². The first-order valence-electron chi connectivity index (χ1n) is 7.59. The maximum Gasteiger partial charge on any atom is 0.228 e. The fourth-order valence-electron chi connectivity index (χ4n) is 2.82. The Kier molecular flexibility index (Phi) is 4.29. The van der Waals surface area contributed by atoms with Crippen molar-refractivity contribution in [2.75, 3.05) is 5.32 Å². The summed E-state index contributed by atoms with van der Waals surface area (Å²) in [4.78, 5) is 24.4. The van der Waals surface area contributed by atoms with Crippen LogP contribution in [0.1, 0.15) is 36.4 Å². The van der Waals surface area contributed by atoms with Crippen molar-refractivity contribution in [3.05, 3.63) is 65.2 Å². The lowest BCUT2D eigenvalue weighted by Gasteiger charge is -2.26. The summed E-state index contributed by atoms with van der Waals surface area (Å²) >= 11 is 0. The van der Waals surface area contributed by atoms with E-state index < -0.39 is 11.7 Å². The molecular weight excluding hydrogens is 314 g/mol. The van der Waals surface area contributed by atoms with Gasteiger partial charge in [-0.3, -0.25) is 9.59 Å². The highest BCUT2D eigenvalue weighted by molar-refractivity contribution is 6.01. The molecule has 4 nitrogen and oxygen atoms in total. The number of fused-ring (bicyclic) bond motifs is 1. The molecule has 1 aliphatic rings. The normalized spacial score (nSPS) is 17.6. The van der Waals surface area contributed by atoms with E-state index in [1.54, 1.807) is 19.1 Å². The summed E-state index contributed by atoms with van der Waals surface area (Å²) in [6, 6.07) is 9.47. The Balaban J connectivity index is 1.80. The van der Waals surface area contributed by atoms with Crippen molar-refractivity contribution >= 4 is 17.5 Å². The molecule has 0 bridgehead atoms. The van der Waals surface area contributed by atoms with E-state index in [4.69, 9.17) is 0 Å². The van der Waals surface area contributed by atoms with E-state index >= 15 is 0 Å². The molecule has 6 heteroatoms. The van der Waals surface area contributed by atoms with Gasteiger partial charge in [-0.25, -0.2) is 8.78 Å². The average molecular weight is 330 g/mol. The standard InChI is InChI=1S/C18H16F2N2O2/c1-10(11-2-4-12(19)5-3-11)21-18(24)15-9-17(23)22-16-8-13(20)6-7-14(15)16/h2-8,10,15H,9H2,1H3,(H,21,24)(H,22,23)/t10-,15+/m0/s1. The van der Waals surface area contributed by atoms with Gasteiger partial charge in [0.1, 0.15) is 11.6 Å². The van der Waals surface area contributed by atoms with Crippen molar-refractivity contribution in [2.45, 2.75) is 25.3 Å². The van der Waals surface area contributed by atoms with Crippen molar-refractivity contribution in [1.29, 1.82) is 0 Å². The fraction of sp³-hybridized carbons (Fsp3) is 0.222. The third kappa shape index (κ3) is 3.27. The van der Waals surface area contributed by atoms with E-state index in [0.717, 1.165) is 5.56 Å². The fourth-order valence-corrected chi connectivity index (χ4v) is 2.82. The van der Waals surface area contributed by atoms with Crippen molar-refractivity contribution in [3.8, 4) is 0 Å². The largest absolute Gasteiger partial charge is 0.349 e. The van der Waals surface area contributed by atoms with E-state index in [-0.39, 0.29) is 30.1 Å². The smallest absolute Gasteiger partial charge is 0.228 e.